The molecule has 1 aromatic carbocycles. The van der Waals surface area contributed by atoms with E-state index < -0.39 is 0 Å². The third-order valence-corrected chi connectivity index (χ3v) is 4.99. The maximum Gasteiger partial charge on any atom is 0.0942 e. The predicted octanol–water partition coefficient (Wildman–Crippen LogP) is 3.79. The van der Waals surface area contributed by atoms with Crippen molar-refractivity contribution < 1.29 is 5.11 Å². The molecular weight excluding hydrogens is 246 g/mol. The van der Waals surface area contributed by atoms with Gasteiger partial charge in [-0.2, -0.15) is 0 Å². The van der Waals surface area contributed by atoms with E-state index in [1.54, 1.807) is 0 Å². The average molecular weight is 275 g/mol. The molecular formula is C18H29NO. The van der Waals surface area contributed by atoms with Gasteiger partial charge < -0.3 is 5.11 Å². The van der Waals surface area contributed by atoms with Crippen LogP contribution in [0.2, 0.25) is 0 Å². The zero-order valence-electron chi connectivity index (χ0n) is 13.2. The van der Waals surface area contributed by atoms with Crippen LogP contribution in [-0.4, -0.2) is 29.1 Å². The van der Waals surface area contributed by atoms with Gasteiger partial charge in [0.1, 0.15) is 0 Å². The van der Waals surface area contributed by atoms with Crippen LogP contribution in [-0.2, 0) is 6.42 Å². The SMILES string of the molecule is CCc1ccc(C(O)C(C)N2CCC(CC)CC2)cc1. The van der Waals surface area contributed by atoms with Gasteiger partial charge in [-0.1, -0.05) is 44.5 Å². The van der Waals surface area contributed by atoms with Gasteiger partial charge in [0.15, 0.2) is 0 Å². The quantitative estimate of drug-likeness (QED) is 0.883. The summed E-state index contributed by atoms with van der Waals surface area (Å²) >= 11 is 0. The summed E-state index contributed by atoms with van der Waals surface area (Å²) in [7, 11) is 0. The summed E-state index contributed by atoms with van der Waals surface area (Å²) in [5.74, 6) is 0.888. The summed E-state index contributed by atoms with van der Waals surface area (Å²) < 4.78 is 0. The molecule has 20 heavy (non-hydrogen) atoms. The molecule has 0 bridgehead atoms. The van der Waals surface area contributed by atoms with Crippen molar-refractivity contribution in [2.75, 3.05) is 13.1 Å². The molecule has 1 heterocycles. The van der Waals surface area contributed by atoms with Gasteiger partial charge in [-0.3, -0.25) is 4.90 Å². The number of hydrogen-bond acceptors (Lipinski definition) is 2. The molecule has 2 rings (SSSR count). The Kier molecular flexibility index (Phi) is 5.62. The lowest BCUT2D eigenvalue weighted by molar-refractivity contribution is 0.0369. The van der Waals surface area contributed by atoms with Crippen molar-refractivity contribution in [3.63, 3.8) is 0 Å². The minimum absolute atomic E-state index is 0.209. The first-order valence-electron chi connectivity index (χ1n) is 8.16. The molecule has 0 saturated carbocycles. The first-order chi connectivity index (χ1) is 9.65. The van der Waals surface area contributed by atoms with Crippen LogP contribution in [0, 0.1) is 5.92 Å². The largest absolute Gasteiger partial charge is 0.387 e. The van der Waals surface area contributed by atoms with E-state index in [4.69, 9.17) is 0 Å². The second-order valence-corrected chi connectivity index (χ2v) is 6.17. The van der Waals surface area contributed by atoms with Gasteiger partial charge in [0.25, 0.3) is 0 Å². The van der Waals surface area contributed by atoms with Crippen molar-refractivity contribution in [3.05, 3.63) is 35.4 Å². The summed E-state index contributed by atoms with van der Waals surface area (Å²) in [4.78, 5) is 2.45. The first kappa shape index (κ1) is 15.5. The van der Waals surface area contributed by atoms with Crippen molar-refractivity contribution in [1.29, 1.82) is 0 Å². The van der Waals surface area contributed by atoms with Crippen molar-refractivity contribution in [2.45, 2.75) is 58.6 Å². The van der Waals surface area contributed by atoms with Gasteiger partial charge in [0.05, 0.1) is 6.10 Å². The van der Waals surface area contributed by atoms with Gasteiger partial charge in [-0.25, -0.2) is 0 Å². The minimum atomic E-state index is -0.376. The number of hydrogen-bond donors (Lipinski definition) is 1. The number of nitrogens with zero attached hydrogens (tertiary/aromatic N) is 1. The highest BCUT2D eigenvalue weighted by Gasteiger charge is 2.26. The molecule has 2 atom stereocenters. The van der Waals surface area contributed by atoms with E-state index in [2.05, 4.69) is 49.9 Å². The molecule has 0 amide bonds. The van der Waals surface area contributed by atoms with Gasteiger partial charge in [-0.05, 0) is 56.3 Å². The first-order valence-corrected chi connectivity index (χ1v) is 8.16. The topological polar surface area (TPSA) is 23.5 Å². The molecule has 2 unspecified atom stereocenters. The highest BCUT2D eigenvalue weighted by Crippen LogP contribution is 2.27. The standard InChI is InChI=1S/C18H29NO/c1-4-15-6-8-17(9-7-15)18(20)14(3)19-12-10-16(5-2)11-13-19/h6-9,14,16,18,20H,4-5,10-13H2,1-3H3. The summed E-state index contributed by atoms with van der Waals surface area (Å²) in [5.41, 5.74) is 2.38. The third-order valence-electron chi connectivity index (χ3n) is 4.99. The lowest BCUT2D eigenvalue weighted by atomic mass is 9.92. The van der Waals surface area contributed by atoms with Crippen LogP contribution in [0.3, 0.4) is 0 Å². The van der Waals surface area contributed by atoms with E-state index in [0.717, 1.165) is 31.0 Å². The zero-order chi connectivity index (χ0) is 14.5. The normalized spacial score (nSPS) is 20.8. The number of aliphatic hydroxyl groups excluding tert-OH is 1. The highest BCUT2D eigenvalue weighted by atomic mass is 16.3. The Morgan fingerprint density at radius 1 is 1.15 bits per heavy atom. The predicted molar refractivity (Wildman–Crippen MR) is 84.8 cm³/mol. The monoisotopic (exact) mass is 275 g/mol. The molecule has 0 spiro atoms. The molecule has 0 radical (unpaired) electrons. The summed E-state index contributed by atoms with van der Waals surface area (Å²) in [6, 6.07) is 8.64. The highest BCUT2D eigenvalue weighted by molar-refractivity contribution is 5.25. The Morgan fingerprint density at radius 3 is 2.25 bits per heavy atom. The van der Waals surface area contributed by atoms with Crippen molar-refractivity contribution in [2.24, 2.45) is 5.92 Å². The summed E-state index contributed by atoms with van der Waals surface area (Å²) in [6.45, 7) is 8.86. The lowest BCUT2D eigenvalue weighted by Crippen LogP contribution is -2.42. The lowest BCUT2D eigenvalue weighted by Gasteiger charge is -2.37. The van der Waals surface area contributed by atoms with Crippen LogP contribution < -0.4 is 0 Å². The van der Waals surface area contributed by atoms with Crippen molar-refractivity contribution in [3.8, 4) is 0 Å². The van der Waals surface area contributed by atoms with Gasteiger partial charge in [0, 0.05) is 6.04 Å². The van der Waals surface area contributed by atoms with E-state index in [9.17, 15) is 5.11 Å². The molecule has 112 valence electrons. The molecule has 1 aliphatic rings. The Hall–Kier alpha value is -0.860. The fourth-order valence-electron chi connectivity index (χ4n) is 3.20. The van der Waals surface area contributed by atoms with E-state index >= 15 is 0 Å². The average Bonchev–Trinajstić information content (AvgIpc) is 2.53. The smallest absolute Gasteiger partial charge is 0.0942 e. The number of aliphatic hydroxyl groups is 1. The van der Waals surface area contributed by atoms with Crippen LogP contribution in [0.4, 0.5) is 0 Å². The third kappa shape index (κ3) is 3.62. The molecule has 1 saturated heterocycles. The Morgan fingerprint density at radius 2 is 1.75 bits per heavy atom. The number of aryl methyl sites for hydroxylation is 1. The van der Waals surface area contributed by atoms with Gasteiger partial charge >= 0.3 is 0 Å². The van der Waals surface area contributed by atoms with Crippen LogP contribution in [0.15, 0.2) is 24.3 Å². The van der Waals surface area contributed by atoms with Gasteiger partial charge in [-0.15, -0.1) is 0 Å². The number of rotatable bonds is 5. The minimum Gasteiger partial charge on any atom is -0.387 e. The van der Waals surface area contributed by atoms with Crippen molar-refractivity contribution in [1.82, 2.24) is 4.90 Å². The Balaban J connectivity index is 1.95. The maximum atomic E-state index is 10.6. The second-order valence-electron chi connectivity index (χ2n) is 6.17. The fourth-order valence-corrected chi connectivity index (χ4v) is 3.20. The van der Waals surface area contributed by atoms with E-state index in [-0.39, 0.29) is 12.1 Å². The molecule has 0 aromatic heterocycles. The van der Waals surface area contributed by atoms with Crippen LogP contribution >= 0.6 is 0 Å². The zero-order valence-corrected chi connectivity index (χ0v) is 13.2. The van der Waals surface area contributed by atoms with E-state index in [1.165, 1.54) is 24.8 Å². The molecule has 0 aliphatic carbocycles. The molecule has 1 N–H and O–H groups in total. The van der Waals surface area contributed by atoms with Crippen LogP contribution in [0.1, 0.15) is 57.3 Å². The Bertz CT molecular complexity index is 392. The van der Waals surface area contributed by atoms with E-state index in [0.29, 0.717) is 0 Å². The van der Waals surface area contributed by atoms with Crippen LogP contribution in [0.25, 0.3) is 0 Å². The van der Waals surface area contributed by atoms with Gasteiger partial charge in [0.2, 0.25) is 0 Å². The molecule has 2 heteroatoms. The summed E-state index contributed by atoms with van der Waals surface area (Å²) in [5, 5.41) is 10.6. The second kappa shape index (κ2) is 7.24. The summed E-state index contributed by atoms with van der Waals surface area (Å²) in [6.07, 6.45) is 4.53. The number of benzene rings is 1. The van der Waals surface area contributed by atoms with Crippen LogP contribution in [0.5, 0.6) is 0 Å². The molecule has 2 nitrogen and oxygen atoms in total. The Labute approximate surface area is 123 Å². The molecule has 1 aliphatic heterocycles. The molecule has 1 fully saturated rings. The number of piperidine rings is 1. The van der Waals surface area contributed by atoms with E-state index in [1.807, 2.05) is 0 Å². The number of likely N-dealkylation sites (tertiary alicyclic amines) is 1. The van der Waals surface area contributed by atoms with Crippen molar-refractivity contribution >= 4 is 0 Å². The molecule has 1 aromatic rings. The fraction of sp³-hybridized carbons (Fsp3) is 0.667. The maximum absolute atomic E-state index is 10.6.